The Morgan fingerprint density at radius 2 is 1.66 bits per heavy atom. The lowest BCUT2D eigenvalue weighted by atomic mass is 10.0. The third-order valence-electron chi connectivity index (χ3n) is 5.06. The molecule has 6 heteroatoms. The van der Waals surface area contributed by atoms with Crippen LogP contribution in [-0.2, 0) is 9.53 Å². The van der Waals surface area contributed by atoms with Crippen molar-refractivity contribution in [1.82, 2.24) is 5.32 Å². The summed E-state index contributed by atoms with van der Waals surface area (Å²) in [5.41, 5.74) is 2.94. The molecule has 0 bridgehead atoms. The first-order chi connectivity index (χ1) is 15.5. The summed E-state index contributed by atoms with van der Waals surface area (Å²) in [6.07, 6.45) is 0.960. The Labute approximate surface area is 193 Å². The van der Waals surface area contributed by atoms with Crippen LogP contribution in [0.25, 0.3) is 11.1 Å². The molecule has 1 amide bonds. The maximum absolute atomic E-state index is 13.3. The number of hydrogen-bond acceptors (Lipinski definition) is 5. The van der Waals surface area contributed by atoms with Crippen molar-refractivity contribution in [2.45, 2.75) is 33.2 Å². The van der Waals surface area contributed by atoms with Gasteiger partial charge >= 0.3 is 5.97 Å². The van der Waals surface area contributed by atoms with Gasteiger partial charge in [0, 0.05) is 10.9 Å². The average molecular weight is 451 g/mol. The monoisotopic (exact) mass is 450 g/mol. The number of carbonyl (C=O) groups excluding carboxylic acids is 2. The van der Waals surface area contributed by atoms with Gasteiger partial charge in [-0.2, -0.15) is 0 Å². The van der Waals surface area contributed by atoms with Crippen LogP contribution in [0, 0.1) is 5.92 Å². The minimum Gasteiger partial charge on any atom is -0.462 e. The molecular weight excluding hydrogens is 420 g/mol. The van der Waals surface area contributed by atoms with E-state index in [0.29, 0.717) is 16.5 Å². The van der Waals surface area contributed by atoms with Gasteiger partial charge in [-0.05, 0) is 36.9 Å². The minimum atomic E-state index is -0.521. The number of nitrogens with one attached hydrogen (secondary N) is 2. The number of ether oxygens (including phenoxy) is 1. The summed E-state index contributed by atoms with van der Waals surface area (Å²) >= 11 is 1.33. The molecule has 1 heterocycles. The fourth-order valence-electron chi connectivity index (χ4n) is 3.39. The number of hydrogen-bond donors (Lipinski definition) is 2. The zero-order valence-corrected chi connectivity index (χ0v) is 19.6. The zero-order valence-electron chi connectivity index (χ0n) is 18.8. The molecular formula is C26H30N2O3S. The van der Waals surface area contributed by atoms with E-state index in [4.69, 9.17) is 4.74 Å². The van der Waals surface area contributed by atoms with E-state index in [1.165, 1.54) is 11.3 Å². The molecule has 3 rings (SSSR count). The molecule has 1 atom stereocenters. The van der Waals surface area contributed by atoms with Crippen molar-refractivity contribution in [3.8, 4) is 11.1 Å². The highest BCUT2D eigenvalue weighted by Gasteiger charge is 2.26. The smallest absolute Gasteiger partial charge is 0.341 e. The number of esters is 1. The highest BCUT2D eigenvalue weighted by molar-refractivity contribution is 7.15. The first kappa shape index (κ1) is 23.7. The number of amides is 1. The summed E-state index contributed by atoms with van der Waals surface area (Å²) in [5, 5.41) is 8.76. The van der Waals surface area contributed by atoms with Gasteiger partial charge in [0.1, 0.15) is 16.6 Å². The third-order valence-corrected chi connectivity index (χ3v) is 5.95. The van der Waals surface area contributed by atoms with Crippen LogP contribution in [0.5, 0.6) is 0 Å². The van der Waals surface area contributed by atoms with Gasteiger partial charge < -0.3 is 15.4 Å². The number of rotatable bonds is 10. The van der Waals surface area contributed by atoms with E-state index in [1.54, 1.807) is 6.92 Å². The standard InChI is InChI=1S/C26H30N2O3S/c1-4-31-26(30)22-21(19-11-7-5-8-12-19)17-32-25(22)28-24(29)23(27-16-15-18(2)3)20-13-9-6-10-14-20/h5-14,17-18,23,27H,4,15-16H2,1-3H3,(H,28,29)/t23-/m0/s1. The lowest BCUT2D eigenvalue weighted by Crippen LogP contribution is -2.34. The molecule has 1 aromatic heterocycles. The van der Waals surface area contributed by atoms with Crippen LogP contribution in [0.2, 0.25) is 0 Å². The predicted octanol–water partition coefficient (Wildman–Crippen LogP) is 5.91. The number of benzene rings is 2. The van der Waals surface area contributed by atoms with Gasteiger partial charge in [0.15, 0.2) is 0 Å². The van der Waals surface area contributed by atoms with E-state index in [0.717, 1.165) is 29.7 Å². The summed E-state index contributed by atoms with van der Waals surface area (Å²) in [6, 6.07) is 18.8. The molecule has 0 unspecified atom stereocenters. The first-order valence-electron chi connectivity index (χ1n) is 10.9. The van der Waals surface area contributed by atoms with Gasteiger partial charge in [-0.1, -0.05) is 74.5 Å². The highest BCUT2D eigenvalue weighted by atomic mass is 32.1. The highest BCUT2D eigenvalue weighted by Crippen LogP contribution is 2.36. The topological polar surface area (TPSA) is 67.4 Å². The number of carbonyl (C=O) groups is 2. The summed E-state index contributed by atoms with van der Waals surface area (Å²) in [4.78, 5) is 26.2. The van der Waals surface area contributed by atoms with Crippen molar-refractivity contribution >= 4 is 28.2 Å². The Hall–Kier alpha value is -2.96. The maximum Gasteiger partial charge on any atom is 0.341 e. The van der Waals surface area contributed by atoms with Crippen LogP contribution in [0.3, 0.4) is 0 Å². The van der Waals surface area contributed by atoms with Crippen molar-refractivity contribution in [2.75, 3.05) is 18.5 Å². The fraction of sp³-hybridized carbons (Fsp3) is 0.308. The SMILES string of the molecule is CCOC(=O)c1c(-c2ccccc2)csc1NC(=O)[C@@H](NCCC(C)C)c1ccccc1. The summed E-state index contributed by atoms with van der Waals surface area (Å²) in [6.45, 7) is 7.06. The Kier molecular flexibility index (Phi) is 8.59. The summed E-state index contributed by atoms with van der Waals surface area (Å²) in [5.74, 6) is -0.109. The van der Waals surface area contributed by atoms with Gasteiger partial charge in [0.25, 0.3) is 0 Å². The van der Waals surface area contributed by atoms with E-state index in [2.05, 4.69) is 24.5 Å². The summed E-state index contributed by atoms with van der Waals surface area (Å²) < 4.78 is 5.31. The predicted molar refractivity (Wildman–Crippen MR) is 131 cm³/mol. The minimum absolute atomic E-state index is 0.202. The Bertz CT molecular complexity index is 1020. The van der Waals surface area contributed by atoms with Crippen LogP contribution in [0.15, 0.2) is 66.0 Å². The molecule has 0 saturated carbocycles. The van der Waals surface area contributed by atoms with Gasteiger partial charge in [-0.15, -0.1) is 11.3 Å². The molecule has 3 aromatic rings. The maximum atomic E-state index is 13.3. The van der Waals surface area contributed by atoms with Crippen LogP contribution >= 0.6 is 11.3 Å². The molecule has 0 aliphatic rings. The molecule has 0 aliphatic carbocycles. The largest absolute Gasteiger partial charge is 0.462 e. The van der Waals surface area contributed by atoms with E-state index in [-0.39, 0.29) is 12.5 Å². The summed E-state index contributed by atoms with van der Waals surface area (Å²) in [7, 11) is 0. The molecule has 2 aromatic carbocycles. The molecule has 5 nitrogen and oxygen atoms in total. The fourth-order valence-corrected chi connectivity index (χ4v) is 4.35. The second-order valence-corrected chi connectivity index (χ2v) is 8.79. The third kappa shape index (κ3) is 6.05. The number of anilines is 1. The molecule has 0 saturated heterocycles. The first-order valence-corrected chi connectivity index (χ1v) is 11.8. The second-order valence-electron chi connectivity index (χ2n) is 7.91. The lowest BCUT2D eigenvalue weighted by molar-refractivity contribution is -0.118. The van der Waals surface area contributed by atoms with E-state index < -0.39 is 12.0 Å². The molecule has 0 spiro atoms. The lowest BCUT2D eigenvalue weighted by Gasteiger charge is -2.19. The quantitative estimate of drug-likeness (QED) is 0.377. The second kappa shape index (κ2) is 11.6. The Balaban J connectivity index is 1.90. The van der Waals surface area contributed by atoms with Gasteiger partial charge in [0.2, 0.25) is 5.91 Å². The van der Waals surface area contributed by atoms with Gasteiger partial charge in [0.05, 0.1) is 6.61 Å². The molecule has 168 valence electrons. The van der Waals surface area contributed by atoms with Crippen LogP contribution < -0.4 is 10.6 Å². The van der Waals surface area contributed by atoms with E-state index in [1.807, 2.05) is 66.0 Å². The van der Waals surface area contributed by atoms with E-state index in [9.17, 15) is 9.59 Å². The van der Waals surface area contributed by atoms with Crippen LogP contribution in [-0.4, -0.2) is 25.0 Å². The van der Waals surface area contributed by atoms with E-state index >= 15 is 0 Å². The molecule has 2 N–H and O–H groups in total. The van der Waals surface area contributed by atoms with Gasteiger partial charge in [-0.3, -0.25) is 4.79 Å². The van der Waals surface area contributed by atoms with Crippen molar-refractivity contribution in [1.29, 1.82) is 0 Å². The van der Waals surface area contributed by atoms with Gasteiger partial charge in [-0.25, -0.2) is 4.79 Å². The zero-order chi connectivity index (χ0) is 22.9. The number of thiophene rings is 1. The Morgan fingerprint density at radius 1 is 1.00 bits per heavy atom. The van der Waals surface area contributed by atoms with Crippen molar-refractivity contribution < 1.29 is 14.3 Å². The molecule has 32 heavy (non-hydrogen) atoms. The Morgan fingerprint density at radius 3 is 2.28 bits per heavy atom. The average Bonchev–Trinajstić information content (AvgIpc) is 3.21. The van der Waals surface area contributed by atoms with Crippen molar-refractivity contribution in [3.05, 3.63) is 77.2 Å². The van der Waals surface area contributed by atoms with Crippen LogP contribution in [0.4, 0.5) is 5.00 Å². The van der Waals surface area contributed by atoms with Crippen molar-refractivity contribution in [2.24, 2.45) is 5.92 Å². The van der Waals surface area contributed by atoms with Crippen LogP contribution in [0.1, 0.15) is 49.2 Å². The molecule has 0 radical (unpaired) electrons. The molecule has 0 aliphatic heterocycles. The normalized spacial score (nSPS) is 11.9. The van der Waals surface area contributed by atoms with Crippen molar-refractivity contribution in [3.63, 3.8) is 0 Å². The molecule has 0 fully saturated rings.